The van der Waals surface area contributed by atoms with E-state index >= 15 is 0 Å². The van der Waals surface area contributed by atoms with Gasteiger partial charge in [-0.2, -0.15) is 0 Å². The molecule has 2 aliphatic rings. The maximum atomic E-state index is 5.37. The summed E-state index contributed by atoms with van der Waals surface area (Å²) in [6.07, 6.45) is 9.31. The highest BCUT2D eigenvalue weighted by atomic mass is 16.3. The van der Waals surface area contributed by atoms with Gasteiger partial charge >= 0.3 is 0 Å². The molecule has 2 fully saturated rings. The number of nitrogens with zero attached hydrogens (tertiary/aromatic N) is 1. The van der Waals surface area contributed by atoms with Crippen molar-refractivity contribution in [3.05, 3.63) is 24.2 Å². The van der Waals surface area contributed by atoms with Crippen LogP contribution in [0.3, 0.4) is 0 Å². The number of furan rings is 1. The van der Waals surface area contributed by atoms with Crippen molar-refractivity contribution in [2.75, 3.05) is 13.1 Å². The van der Waals surface area contributed by atoms with E-state index in [1.165, 1.54) is 25.7 Å². The molecule has 3 unspecified atom stereocenters. The fourth-order valence-corrected chi connectivity index (χ4v) is 3.73. The maximum absolute atomic E-state index is 5.37. The summed E-state index contributed by atoms with van der Waals surface area (Å²) in [6.45, 7) is 3.92. The van der Waals surface area contributed by atoms with Gasteiger partial charge in [-0.05, 0) is 49.7 Å². The Morgan fingerprint density at radius 2 is 2.33 bits per heavy atom. The largest absolute Gasteiger partial charge is 0.469 e. The van der Waals surface area contributed by atoms with E-state index in [2.05, 4.69) is 22.5 Å². The van der Waals surface area contributed by atoms with E-state index in [1.54, 1.807) is 6.26 Å². The highest BCUT2D eigenvalue weighted by Gasteiger charge is 2.39. The number of rotatable bonds is 6. The van der Waals surface area contributed by atoms with Gasteiger partial charge in [-0.3, -0.25) is 4.99 Å². The molecule has 0 radical (unpaired) electrons. The van der Waals surface area contributed by atoms with Gasteiger partial charge in [-0.1, -0.05) is 13.3 Å². The molecule has 0 aliphatic heterocycles. The van der Waals surface area contributed by atoms with Gasteiger partial charge in [0.1, 0.15) is 5.76 Å². The Kier molecular flexibility index (Phi) is 4.84. The van der Waals surface area contributed by atoms with E-state index < -0.39 is 0 Å². The molecule has 116 valence electrons. The molecule has 1 heterocycles. The summed E-state index contributed by atoms with van der Waals surface area (Å²) in [6, 6.07) is 4.60. The fourth-order valence-electron chi connectivity index (χ4n) is 3.73. The van der Waals surface area contributed by atoms with E-state index in [1.807, 2.05) is 12.1 Å². The van der Waals surface area contributed by atoms with Crippen molar-refractivity contribution in [2.45, 2.75) is 51.5 Å². The zero-order valence-corrected chi connectivity index (χ0v) is 13.0. The van der Waals surface area contributed by atoms with Gasteiger partial charge in [0.05, 0.1) is 6.26 Å². The molecular weight excluding hydrogens is 262 g/mol. The van der Waals surface area contributed by atoms with E-state index in [-0.39, 0.29) is 0 Å². The van der Waals surface area contributed by atoms with Crippen molar-refractivity contribution in [3.8, 4) is 0 Å². The predicted molar refractivity (Wildman–Crippen MR) is 85.4 cm³/mol. The van der Waals surface area contributed by atoms with Crippen molar-refractivity contribution in [2.24, 2.45) is 16.8 Å². The lowest BCUT2D eigenvalue weighted by Crippen LogP contribution is -2.46. The third-order valence-corrected chi connectivity index (χ3v) is 4.80. The van der Waals surface area contributed by atoms with Crippen LogP contribution in [0, 0.1) is 11.8 Å². The molecule has 0 aromatic carbocycles. The van der Waals surface area contributed by atoms with Crippen molar-refractivity contribution in [1.29, 1.82) is 0 Å². The van der Waals surface area contributed by atoms with Gasteiger partial charge in [0, 0.05) is 25.6 Å². The first-order chi connectivity index (χ1) is 10.3. The van der Waals surface area contributed by atoms with Crippen molar-refractivity contribution in [1.82, 2.24) is 10.6 Å². The minimum absolute atomic E-state index is 0.635. The Morgan fingerprint density at radius 3 is 3.00 bits per heavy atom. The van der Waals surface area contributed by atoms with Crippen LogP contribution in [-0.2, 0) is 6.42 Å². The molecule has 0 spiro atoms. The number of fused-ring (bicyclic) bond motifs is 2. The smallest absolute Gasteiger partial charge is 0.191 e. The van der Waals surface area contributed by atoms with Crippen molar-refractivity contribution < 1.29 is 4.42 Å². The molecule has 1 aromatic rings. The van der Waals surface area contributed by atoms with E-state index in [0.717, 1.165) is 49.5 Å². The second kappa shape index (κ2) is 7.01. The van der Waals surface area contributed by atoms with Crippen LogP contribution in [0.5, 0.6) is 0 Å². The van der Waals surface area contributed by atoms with Crippen molar-refractivity contribution >= 4 is 5.96 Å². The third kappa shape index (κ3) is 3.80. The first-order valence-corrected chi connectivity index (χ1v) is 8.42. The molecule has 3 atom stereocenters. The molecule has 2 bridgehead atoms. The minimum atomic E-state index is 0.635. The third-order valence-electron chi connectivity index (χ3n) is 4.80. The maximum Gasteiger partial charge on any atom is 0.191 e. The summed E-state index contributed by atoms with van der Waals surface area (Å²) in [5, 5.41) is 7.13. The minimum Gasteiger partial charge on any atom is -0.469 e. The number of aliphatic imine (C=N–C) groups is 1. The van der Waals surface area contributed by atoms with E-state index in [9.17, 15) is 0 Å². The number of nitrogens with one attached hydrogen (secondary N) is 2. The van der Waals surface area contributed by atoms with Gasteiger partial charge in [0.2, 0.25) is 0 Å². The standard InChI is InChI=1S/C17H27N3O/c1-2-8-18-17(19-9-7-15-4-3-10-21-15)20-16-12-13-5-6-14(16)11-13/h3-4,10,13-14,16H,2,5-9,11-12H2,1H3,(H2,18,19,20). The first-order valence-electron chi connectivity index (χ1n) is 8.42. The molecule has 4 nitrogen and oxygen atoms in total. The zero-order valence-electron chi connectivity index (χ0n) is 13.0. The van der Waals surface area contributed by atoms with E-state index in [0.29, 0.717) is 6.04 Å². The monoisotopic (exact) mass is 289 g/mol. The van der Waals surface area contributed by atoms with Crippen LogP contribution >= 0.6 is 0 Å². The van der Waals surface area contributed by atoms with Gasteiger partial charge in [0.25, 0.3) is 0 Å². The zero-order chi connectivity index (χ0) is 14.5. The van der Waals surface area contributed by atoms with Crippen LogP contribution in [-0.4, -0.2) is 25.1 Å². The van der Waals surface area contributed by atoms with E-state index in [4.69, 9.17) is 4.42 Å². The summed E-state index contributed by atoms with van der Waals surface area (Å²) in [7, 11) is 0. The molecule has 4 heteroatoms. The molecule has 2 N–H and O–H groups in total. The summed E-state index contributed by atoms with van der Waals surface area (Å²) in [5.41, 5.74) is 0. The van der Waals surface area contributed by atoms with Crippen molar-refractivity contribution in [3.63, 3.8) is 0 Å². The molecule has 0 saturated heterocycles. The second-order valence-electron chi connectivity index (χ2n) is 6.41. The quantitative estimate of drug-likeness (QED) is 0.625. The lowest BCUT2D eigenvalue weighted by atomic mass is 9.95. The lowest BCUT2D eigenvalue weighted by molar-refractivity contribution is 0.387. The average molecular weight is 289 g/mol. The van der Waals surface area contributed by atoms with Crippen LogP contribution < -0.4 is 10.6 Å². The van der Waals surface area contributed by atoms with Crippen LogP contribution in [0.2, 0.25) is 0 Å². The average Bonchev–Trinajstić information content (AvgIpc) is 3.21. The van der Waals surface area contributed by atoms with Crippen LogP contribution in [0.15, 0.2) is 27.8 Å². The summed E-state index contributed by atoms with van der Waals surface area (Å²) in [5.74, 6) is 3.84. The molecule has 0 amide bonds. The number of hydrogen-bond donors (Lipinski definition) is 2. The SMILES string of the molecule is CCCN=C(NCCc1ccco1)NC1CC2CCC1C2. The summed E-state index contributed by atoms with van der Waals surface area (Å²) in [4.78, 5) is 4.67. The topological polar surface area (TPSA) is 49.6 Å². The first kappa shape index (κ1) is 14.5. The van der Waals surface area contributed by atoms with Crippen LogP contribution in [0.4, 0.5) is 0 Å². The number of guanidine groups is 1. The van der Waals surface area contributed by atoms with Gasteiger partial charge < -0.3 is 15.1 Å². The predicted octanol–water partition coefficient (Wildman–Crippen LogP) is 2.96. The van der Waals surface area contributed by atoms with Crippen LogP contribution in [0.25, 0.3) is 0 Å². The Balaban J connectivity index is 1.49. The summed E-state index contributed by atoms with van der Waals surface area (Å²) < 4.78 is 5.37. The lowest BCUT2D eigenvalue weighted by Gasteiger charge is -2.25. The normalized spacial score (nSPS) is 28.0. The highest BCUT2D eigenvalue weighted by molar-refractivity contribution is 5.80. The fraction of sp³-hybridized carbons (Fsp3) is 0.706. The van der Waals surface area contributed by atoms with Gasteiger partial charge in [0.15, 0.2) is 5.96 Å². The highest BCUT2D eigenvalue weighted by Crippen LogP contribution is 2.44. The molecule has 1 aromatic heterocycles. The Labute approximate surface area is 127 Å². The van der Waals surface area contributed by atoms with Gasteiger partial charge in [-0.25, -0.2) is 0 Å². The molecular formula is C17H27N3O. The molecule has 3 rings (SSSR count). The van der Waals surface area contributed by atoms with Gasteiger partial charge in [-0.15, -0.1) is 0 Å². The Hall–Kier alpha value is -1.45. The van der Waals surface area contributed by atoms with Crippen LogP contribution in [0.1, 0.15) is 44.8 Å². The molecule has 21 heavy (non-hydrogen) atoms. The second-order valence-corrected chi connectivity index (χ2v) is 6.41. The summed E-state index contributed by atoms with van der Waals surface area (Å²) >= 11 is 0. The molecule has 2 saturated carbocycles. The Bertz CT molecular complexity index is 455. The molecule has 2 aliphatic carbocycles. The number of hydrogen-bond acceptors (Lipinski definition) is 2. The Morgan fingerprint density at radius 1 is 1.38 bits per heavy atom.